The zero-order valence-corrected chi connectivity index (χ0v) is 8.14. The number of hydrogen-bond donors (Lipinski definition) is 0. The third-order valence-electron chi connectivity index (χ3n) is 1.22. The number of hydrogen-bond acceptors (Lipinski definition) is 2. The van der Waals surface area contributed by atoms with Crippen LogP contribution in [0.1, 0.15) is 13.8 Å². The van der Waals surface area contributed by atoms with Crippen molar-refractivity contribution in [2.75, 3.05) is 11.5 Å². The quantitative estimate of drug-likeness (QED) is 0.385. The summed E-state index contributed by atoms with van der Waals surface area (Å²) in [5.41, 5.74) is 0. The minimum absolute atomic E-state index is 0.197. The summed E-state index contributed by atoms with van der Waals surface area (Å²) < 4.78 is 11.3. The van der Waals surface area contributed by atoms with Crippen molar-refractivity contribution in [2.24, 2.45) is 0 Å². The Morgan fingerprint density at radius 1 is 1.56 bits per heavy atom. The zero-order chi connectivity index (χ0) is 6.91. The molecular formula is C6H12IO2-. The molecule has 1 saturated heterocycles. The standard InChI is InChI=1S/C6H12IO2/c1-6(2)8-4-5(7-3)9-6/h5H,4H2,1-3H3/q-1. The second-order valence-electron chi connectivity index (χ2n) is 2.46. The predicted molar refractivity (Wildman–Crippen MR) is 30.8 cm³/mol. The molecule has 1 aliphatic rings. The predicted octanol–water partition coefficient (Wildman–Crippen LogP) is -2.19. The van der Waals surface area contributed by atoms with E-state index in [0.717, 1.165) is 6.61 Å². The van der Waals surface area contributed by atoms with Gasteiger partial charge in [-0.05, 0) is 0 Å². The van der Waals surface area contributed by atoms with Crippen LogP contribution in [0.5, 0.6) is 0 Å². The summed E-state index contributed by atoms with van der Waals surface area (Å²) in [5.74, 6) is -0.305. The van der Waals surface area contributed by atoms with Crippen molar-refractivity contribution in [3.8, 4) is 0 Å². The van der Waals surface area contributed by atoms with E-state index in [1.54, 1.807) is 0 Å². The van der Waals surface area contributed by atoms with Crippen LogP contribution in [0, 0.1) is 0 Å². The van der Waals surface area contributed by atoms with Gasteiger partial charge in [-0.3, -0.25) is 0 Å². The second kappa shape index (κ2) is 2.72. The molecule has 1 atom stereocenters. The van der Waals surface area contributed by atoms with Gasteiger partial charge >= 0.3 is 66.0 Å². The van der Waals surface area contributed by atoms with Gasteiger partial charge < -0.3 is 0 Å². The number of halogens is 1. The molecule has 0 radical (unpaired) electrons. The fourth-order valence-electron chi connectivity index (χ4n) is 0.750. The molecule has 1 heterocycles. The summed E-state index contributed by atoms with van der Waals surface area (Å²) >= 11 is 0.197. The van der Waals surface area contributed by atoms with E-state index in [1.165, 1.54) is 0 Å². The first-order valence-electron chi connectivity index (χ1n) is 2.94. The summed E-state index contributed by atoms with van der Waals surface area (Å²) in [5, 5.41) is 0. The molecule has 0 aromatic carbocycles. The molecule has 1 unspecified atom stereocenters. The molecule has 0 N–H and O–H groups in total. The SMILES string of the molecule is C[I-]C1COC(C)(C)O1. The minimum atomic E-state index is -0.305. The molecule has 1 aliphatic heterocycles. The van der Waals surface area contributed by atoms with Crippen LogP contribution in [-0.2, 0) is 9.47 Å². The summed E-state index contributed by atoms with van der Waals surface area (Å²) in [4.78, 5) is 2.22. The van der Waals surface area contributed by atoms with E-state index in [0.29, 0.717) is 4.11 Å². The Hall–Kier alpha value is 0.650. The Kier molecular flexibility index (Phi) is 2.34. The zero-order valence-electron chi connectivity index (χ0n) is 5.98. The molecule has 2 nitrogen and oxygen atoms in total. The monoisotopic (exact) mass is 243 g/mol. The van der Waals surface area contributed by atoms with Crippen molar-refractivity contribution in [1.82, 2.24) is 0 Å². The maximum atomic E-state index is 5.52. The van der Waals surface area contributed by atoms with E-state index in [2.05, 4.69) is 4.93 Å². The Morgan fingerprint density at radius 2 is 2.22 bits per heavy atom. The van der Waals surface area contributed by atoms with Gasteiger partial charge in [-0.25, -0.2) is 0 Å². The van der Waals surface area contributed by atoms with E-state index in [1.807, 2.05) is 13.8 Å². The van der Waals surface area contributed by atoms with Gasteiger partial charge in [-0.15, -0.1) is 0 Å². The van der Waals surface area contributed by atoms with Crippen LogP contribution in [0.2, 0.25) is 0 Å². The molecule has 0 bridgehead atoms. The van der Waals surface area contributed by atoms with E-state index >= 15 is 0 Å². The van der Waals surface area contributed by atoms with Crippen molar-refractivity contribution in [3.63, 3.8) is 0 Å². The van der Waals surface area contributed by atoms with Crippen LogP contribution in [0.25, 0.3) is 0 Å². The Bertz CT molecular complexity index is 103. The van der Waals surface area contributed by atoms with Gasteiger partial charge in [0, 0.05) is 0 Å². The molecule has 0 saturated carbocycles. The normalized spacial score (nSPS) is 33.4. The summed E-state index contributed by atoms with van der Waals surface area (Å²) in [6.45, 7) is 4.73. The summed E-state index contributed by atoms with van der Waals surface area (Å²) in [7, 11) is 0. The van der Waals surface area contributed by atoms with Crippen LogP contribution in [0.4, 0.5) is 0 Å². The van der Waals surface area contributed by atoms with Crippen molar-refractivity contribution in [1.29, 1.82) is 0 Å². The van der Waals surface area contributed by atoms with E-state index in [4.69, 9.17) is 9.47 Å². The van der Waals surface area contributed by atoms with Gasteiger partial charge in [-0.2, -0.15) is 0 Å². The van der Waals surface area contributed by atoms with Gasteiger partial charge in [0.15, 0.2) is 0 Å². The molecular weight excluding hydrogens is 231 g/mol. The number of ether oxygens (including phenoxy) is 2. The van der Waals surface area contributed by atoms with Crippen LogP contribution in [-0.4, -0.2) is 21.4 Å². The molecule has 1 rings (SSSR count). The van der Waals surface area contributed by atoms with Crippen LogP contribution in [0.15, 0.2) is 0 Å². The molecule has 0 aliphatic carbocycles. The summed E-state index contributed by atoms with van der Waals surface area (Å²) in [6, 6.07) is 0. The average molecular weight is 243 g/mol. The third kappa shape index (κ3) is 2.05. The number of alkyl halides is 2. The van der Waals surface area contributed by atoms with Gasteiger partial charge in [0.05, 0.1) is 0 Å². The Morgan fingerprint density at radius 3 is 2.44 bits per heavy atom. The molecule has 0 spiro atoms. The van der Waals surface area contributed by atoms with Crippen LogP contribution in [0.3, 0.4) is 0 Å². The fraction of sp³-hybridized carbons (Fsp3) is 1.00. The van der Waals surface area contributed by atoms with Crippen molar-refractivity contribution >= 4 is 0 Å². The summed E-state index contributed by atoms with van der Waals surface area (Å²) in [6.07, 6.45) is 0. The molecule has 1 fully saturated rings. The van der Waals surface area contributed by atoms with E-state index in [-0.39, 0.29) is 27.0 Å². The van der Waals surface area contributed by atoms with E-state index in [9.17, 15) is 0 Å². The first-order chi connectivity index (χ1) is 4.14. The van der Waals surface area contributed by atoms with Gasteiger partial charge in [0.25, 0.3) is 0 Å². The first-order valence-corrected chi connectivity index (χ1v) is 6.34. The van der Waals surface area contributed by atoms with Crippen molar-refractivity contribution in [2.45, 2.75) is 23.7 Å². The van der Waals surface area contributed by atoms with Crippen LogP contribution < -0.4 is 21.2 Å². The third-order valence-corrected chi connectivity index (χ3v) is 3.22. The molecule has 3 heteroatoms. The van der Waals surface area contributed by atoms with Crippen molar-refractivity contribution < 1.29 is 30.7 Å². The first kappa shape index (κ1) is 7.75. The van der Waals surface area contributed by atoms with Gasteiger partial charge in [0.1, 0.15) is 0 Å². The average Bonchev–Trinajstić information content (AvgIpc) is 2.10. The fourth-order valence-corrected chi connectivity index (χ4v) is 2.16. The molecule has 0 amide bonds. The molecule has 56 valence electrons. The van der Waals surface area contributed by atoms with E-state index < -0.39 is 0 Å². The van der Waals surface area contributed by atoms with Gasteiger partial charge in [-0.1, -0.05) is 0 Å². The van der Waals surface area contributed by atoms with Crippen molar-refractivity contribution in [3.05, 3.63) is 0 Å². The topological polar surface area (TPSA) is 18.5 Å². The van der Waals surface area contributed by atoms with Crippen LogP contribution >= 0.6 is 0 Å². The molecule has 0 aromatic rings. The molecule has 9 heavy (non-hydrogen) atoms. The molecule has 0 aromatic heterocycles. The Balaban J connectivity index is 2.38. The second-order valence-corrected chi connectivity index (χ2v) is 5.09. The maximum absolute atomic E-state index is 5.52. The van der Waals surface area contributed by atoms with Gasteiger partial charge in [0.2, 0.25) is 0 Å². The Labute approximate surface area is 66.2 Å². The number of rotatable bonds is 1.